The molecule has 3 heterocycles. The fourth-order valence-corrected chi connectivity index (χ4v) is 6.01. The Labute approximate surface area is 213 Å². The van der Waals surface area contributed by atoms with Crippen molar-refractivity contribution < 1.29 is 9.59 Å². The zero-order chi connectivity index (χ0) is 24.9. The summed E-state index contributed by atoms with van der Waals surface area (Å²) in [5.41, 5.74) is 2.72. The summed E-state index contributed by atoms with van der Waals surface area (Å²) in [6, 6.07) is 7.80. The highest BCUT2D eigenvalue weighted by Gasteiger charge is 2.37. The van der Waals surface area contributed by atoms with Crippen molar-refractivity contribution in [2.75, 3.05) is 56.5 Å². The van der Waals surface area contributed by atoms with Gasteiger partial charge in [-0.25, -0.2) is 4.79 Å². The van der Waals surface area contributed by atoms with Gasteiger partial charge < -0.3 is 20.0 Å². The molecular formula is C27H39N5O2S. The van der Waals surface area contributed by atoms with E-state index in [4.69, 9.17) is 0 Å². The number of fused-ring (bicyclic) bond motifs is 2. The quantitative estimate of drug-likeness (QED) is 0.531. The fourth-order valence-electron chi connectivity index (χ4n) is 5.18. The first-order valence-electron chi connectivity index (χ1n) is 12.9. The van der Waals surface area contributed by atoms with Crippen molar-refractivity contribution in [2.45, 2.75) is 52.5 Å². The number of amides is 3. The number of hydrogen-bond acceptors (Lipinski definition) is 5. The maximum atomic E-state index is 14.2. The SMILES string of the molecule is CCN(CC)CCN(C)CCC1CCCCN1C(=O)N1c2ccccc2NC(=O)c2csc(C)c21. The second-order valence-electron chi connectivity index (χ2n) is 9.61. The van der Waals surface area contributed by atoms with Crippen LogP contribution < -0.4 is 10.2 Å². The van der Waals surface area contributed by atoms with Gasteiger partial charge in [-0.1, -0.05) is 26.0 Å². The summed E-state index contributed by atoms with van der Waals surface area (Å²) >= 11 is 1.52. The number of benzene rings is 1. The van der Waals surface area contributed by atoms with Gasteiger partial charge >= 0.3 is 6.03 Å². The number of carbonyl (C=O) groups excluding carboxylic acids is 2. The van der Waals surface area contributed by atoms with Gasteiger partial charge in [0.1, 0.15) is 0 Å². The number of nitrogens with one attached hydrogen (secondary N) is 1. The molecule has 1 saturated heterocycles. The maximum Gasteiger partial charge on any atom is 0.329 e. The van der Waals surface area contributed by atoms with Gasteiger partial charge in [0.2, 0.25) is 0 Å². The van der Waals surface area contributed by atoms with Gasteiger partial charge in [-0.05, 0) is 71.4 Å². The summed E-state index contributed by atoms with van der Waals surface area (Å²) in [7, 11) is 2.18. The lowest BCUT2D eigenvalue weighted by Gasteiger charge is -2.40. The monoisotopic (exact) mass is 497 g/mol. The van der Waals surface area contributed by atoms with E-state index in [0.717, 1.165) is 81.2 Å². The first kappa shape index (κ1) is 25.7. The number of anilines is 3. The Bertz CT molecular complexity index is 1030. The van der Waals surface area contributed by atoms with Crippen LogP contribution >= 0.6 is 11.3 Å². The minimum atomic E-state index is -0.155. The molecule has 2 aromatic rings. The molecule has 4 rings (SSSR count). The van der Waals surface area contributed by atoms with Crippen LogP contribution in [0.4, 0.5) is 21.9 Å². The molecule has 3 amide bonds. The Morgan fingerprint density at radius 3 is 2.69 bits per heavy atom. The van der Waals surface area contributed by atoms with Crippen LogP contribution in [0.25, 0.3) is 0 Å². The van der Waals surface area contributed by atoms with Gasteiger partial charge in [0.05, 0.1) is 22.6 Å². The molecular weight excluding hydrogens is 458 g/mol. The number of thiophene rings is 1. The third-order valence-electron chi connectivity index (χ3n) is 7.40. The fraction of sp³-hybridized carbons (Fsp3) is 0.556. The number of piperidine rings is 1. The zero-order valence-corrected chi connectivity index (χ0v) is 22.4. The summed E-state index contributed by atoms with van der Waals surface area (Å²) in [6.45, 7) is 12.4. The number of rotatable bonds is 8. The molecule has 2 aliphatic heterocycles. The van der Waals surface area contributed by atoms with E-state index >= 15 is 0 Å². The van der Waals surface area contributed by atoms with Crippen LogP contribution in [0.5, 0.6) is 0 Å². The number of likely N-dealkylation sites (tertiary alicyclic amines) is 1. The number of carbonyl (C=O) groups is 2. The van der Waals surface area contributed by atoms with E-state index < -0.39 is 0 Å². The Hall–Kier alpha value is -2.42. The Morgan fingerprint density at radius 1 is 1.14 bits per heavy atom. The molecule has 7 nitrogen and oxygen atoms in total. The molecule has 0 radical (unpaired) electrons. The maximum absolute atomic E-state index is 14.2. The predicted octanol–water partition coefficient (Wildman–Crippen LogP) is 5.40. The zero-order valence-electron chi connectivity index (χ0n) is 21.5. The lowest BCUT2D eigenvalue weighted by Crippen LogP contribution is -2.50. The van der Waals surface area contributed by atoms with Crippen LogP contribution in [0.15, 0.2) is 29.6 Å². The highest BCUT2D eigenvalue weighted by atomic mass is 32.1. The summed E-state index contributed by atoms with van der Waals surface area (Å²) in [6.07, 6.45) is 4.15. The van der Waals surface area contributed by atoms with E-state index in [-0.39, 0.29) is 18.0 Å². The Balaban J connectivity index is 1.55. The lowest BCUT2D eigenvalue weighted by molar-refractivity contribution is 0.102. The second kappa shape index (κ2) is 11.5. The third kappa shape index (κ3) is 5.55. The molecule has 190 valence electrons. The summed E-state index contributed by atoms with van der Waals surface area (Å²) < 4.78 is 0. The second-order valence-corrected chi connectivity index (χ2v) is 10.7. The van der Waals surface area contributed by atoms with Gasteiger partial charge in [0, 0.05) is 35.9 Å². The largest absolute Gasteiger partial charge is 0.329 e. The molecule has 1 aromatic heterocycles. The number of aryl methyl sites for hydroxylation is 1. The van der Waals surface area contributed by atoms with Crippen molar-refractivity contribution in [1.29, 1.82) is 0 Å². The summed E-state index contributed by atoms with van der Waals surface area (Å²) in [4.78, 5) is 36.9. The van der Waals surface area contributed by atoms with Crippen molar-refractivity contribution in [3.8, 4) is 0 Å². The van der Waals surface area contributed by atoms with Gasteiger partial charge in [0.25, 0.3) is 5.91 Å². The molecule has 8 heteroatoms. The average Bonchev–Trinajstić information content (AvgIpc) is 3.19. The number of nitrogens with zero attached hydrogens (tertiary/aromatic N) is 4. The van der Waals surface area contributed by atoms with Crippen LogP contribution in [0, 0.1) is 6.92 Å². The lowest BCUT2D eigenvalue weighted by atomic mass is 9.99. The highest BCUT2D eigenvalue weighted by molar-refractivity contribution is 7.11. The van der Waals surface area contributed by atoms with E-state index in [1.807, 2.05) is 36.6 Å². The third-order valence-corrected chi connectivity index (χ3v) is 8.30. The minimum absolute atomic E-state index is 0.0211. The summed E-state index contributed by atoms with van der Waals surface area (Å²) in [5, 5.41) is 4.87. The van der Waals surface area contributed by atoms with Crippen LogP contribution in [-0.2, 0) is 0 Å². The van der Waals surface area contributed by atoms with Crippen LogP contribution in [0.3, 0.4) is 0 Å². The van der Waals surface area contributed by atoms with E-state index in [9.17, 15) is 9.59 Å². The molecule has 0 spiro atoms. The van der Waals surface area contributed by atoms with Gasteiger partial charge in [-0.3, -0.25) is 9.69 Å². The van der Waals surface area contributed by atoms with Gasteiger partial charge in [-0.15, -0.1) is 11.3 Å². The summed E-state index contributed by atoms with van der Waals surface area (Å²) in [5.74, 6) is -0.155. The van der Waals surface area contributed by atoms with E-state index in [1.54, 1.807) is 4.90 Å². The molecule has 1 N–H and O–H groups in total. The first-order valence-corrected chi connectivity index (χ1v) is 13.8. The number of urea groups is 1. The van der Waals surface area contributed by atoms with Crippen molar-refractivity contribution in [1.82, 2.24) is 14.7 Å². The van der Waals surface area contributed by atoms with Crippen LogP contribution in [0.1, 0.15) is 54.8 Å². The van der Waals surface area contributed by atoms with Gasteiger partial charge in [-0.2, -0.15) is 0 Å². The standard InChI is InChI=1S/C27H39N5O2S/c1-5-30(6-2)18-17-29(4)16-14-21-11-9-10-15-31(21)27(34)32-24-13-8-7-12-23(24)28-26(33)22-19-35-20(3)25(22)32/h7-8,12-13,19,21H,5-6,9-11,14-18H2,1-4H3,(H,28,33). The molecule has 0 aliphatic carbocycles. The van der Waals surface area contributed by atoms with Crippen molar-refractivity contribution in [3.05, 3.63) is 40.1 Å². The topological polar surface area (TPSA) is 59.1 Å². The molecule has 2 aliphatic rings. The van der Waals surface area contributed by atoms with Crippen LogP contribution in [-0.4, -0.2) is 79.0 Å². The van der Waals surface area contributed by atoms with Crippen molar-refractivity contribution >= 4 is 40.3 Å². The first-order chi connectivity index (χ1) is 16.9. The number of hydrogen-bond donors (Lipinski definition) is 1. The Kier molecular flexibility index (Phi) is 8.46. The van der Waals surface area contributed by atoms with Crippen LogP contribution in [0.2, 0.25) is 0 Å². The Morgan fingerprint density at radius 2 is 1.91 bits per heavy atom. The number of likely N-dealkylation sites (N-methyl/N-ethyl adjacent to an activating group) is 2. The van der Waals surface area contributed by atoms with Gasteiger partial charge in [0.15, 0.2) is 0 Å². The number of para-hydroxylation sites is 2. The molecule has 1 aromatic carbocycles. The molecule has 0 saturated carbocycles. The normalized spacial score (nSPS) is 17.9. The van der Waals surface area contributed by atoms with E-state index in [1.165, 1.54) is 11.3 Å². The van der Waals surface area contributed by atoms with Crippen molar-refractivity contribution in [3.63, 3.8) is 0 Å². The molecule has 1 unspecified atom stereocenters. The smallest absolute Gasteiger partial charge is 0.321 e. The minimum Gasteiger partial charge on any atom is -0.321 e. The predicted molar refractivity (Wildman–Crippen MR) is 145 cm³/mol. The van der Waals surface area contributed by atoms with Crippen molar-refractivity contribution in [2.24, 2.45) is 0 Å². The van der Waals surface area contributed by atoms with E-state index in [2.05, 4.69) is 40.9 Å². The molecule has 35 heavy (non-hydrogen) atoms. The highest BCUT2D eigenvalue weighted by Crippen LogP contribution is 2.43. The molecule has 1 atom stereocenters. The molecule has 1 fully saturated rings. The van der Waals surface area contributed by atoms with E-state index in [0.29, 0.717) is 11.3 Å². The average molecular weight is 498 g/mol. The molecule has 0 bridgehead atoms.